The van der Waals surface area contributed by atoms with E-state index in [1.54, 1.807) is 16.7 Å². The van der Waals surface area contributed by atoms with Crippen molar-refractivity contribution in [2.75, 3.05) is 10.6 Å². The van der Waals surface area contributed by atoms with Crippen molar-refractivity contribution in [1.82, 2.24) is 9.55 Å². The number of nitrogens with zero attached hydrogens (tertiary/aromatic N) is 2. The first-order valence-electron chi connectivity index (χ1n) is 7.16. The first kappa shape index (κ1) is 16.4. The standard InChI is InChI=1S/C17H14Cl2N4O/c1-11-3-2-4-13(9-11)22-17(24)21-12-5-7-14(8-6-12)23-10-20-15(18)16(23)19/h2-10H,1H3,(H2,21,22,24). The Kier molecular flexibility index (Phi) is 4.74. The summed E-state index contributed by atoms with van der Waals surface area (Å²) in [5.74, 6) is 0. The third kappa shape index (κ3) is 3.69. The van der Waals surface area contributed by atoms with Crippen molar-refractivity contribution in [3.8, 4) is 5.69 Å². The summed E-state index contributed by atoms with van der Waals surface area (Å²) in [6, 6.07) is 14.4. The molecule has 0 aliphatic rings. The second-order valence-electron chi connectivity index (χ2n) is 5.19. The molecule has 0 atom stereocenters. The molecular weight excluding hydrogens is 347 g/mol. The molecule has 0 spiro atoms. The first-order valence-corrected chi connectivity index (χ1v) is 7.92. The van der Waals surface area contributed by atoms with Gasteiger partial charge in [0, 0.05) is 17.1 Å². The molecule has 2 amide bonds. The van der Waals surface area contributed by atoms with Crippen molar-refractivity contribution in [3.05, 3.63) is 70.7 Å². The Morgan fingerprint density at radius 2 is 1.75 bits per heavy atom. The van der Waals surface area contributed by atoms with Gasteiger partial charge >= 0.3 is 6.03 Å². The largest absolute Gasteiger partial charge is 0.323 e. The summed E-state index contributed by atoms with van der Waals surface area (Å²) in [7, 11) is 0. The molecule has 0 saturated carbocycles. The molecular formula is C17H14Cl2N4O. The second kappa shape index (κ2) is 6.95. The number of hydrogen-bond donors (Lipinski definition) is 2. The van der Waals surface area contributed by atoms with E-state index in [1.165, 1.54) is 6.33 Å². The molecule has 1 aromatic heterocycles. The fourth-order valence-corrected chi connectivity index (χ4v) is 2.54. The number of hydrogen-bond acceptors (Lipinski definition) is 2. The Labute approximate surface area is 149 Å². The highest BCUT2D eigenvalue weighted by Gasteiger charge is 2.08. The highest BCUT2D eigenvalue weighted by Crippen LogP contribution is 2.24. The highest BCUT2D eigenvalue weighted by atomic mass is 35.5. The van der Waals surface area contributed by atoms with Gasteiger partial charge in [0.25, 0.3) is 0 Å². The molecule has 7 heteroatoms. The van der Waals surface area contributed by atoms with Crippen molar-refractivity contribution < 1.29 is 4.79 Å². The average Bonchev–Trinajstić information content (AvgIpc) is 2.88. The van der Waals surface area contributed by atoms with Gasteiger partial charge in [0.05, 0.1) is 0 Å². The third-order valence-corrected chi connectivity index (χ3v) is 4.08. The van der Waals surface area contributed by atoms with E-state index in [4.69, 9.17) is 23.2 Å². The van der Waals surface area contributed by atoms with Gasteiger partial charge in [-0.3, -0.25) is 4.57 Å². The average molecular weight is 361 g/mol. The van der Waals surface area contributed by atoms with Crippen LogP contribution in [0.2, 0.25) is 10.3 Å². The lowest BCUT2D eigenvalue weighted by molar-refractivity contribution is 0.262. The summed E-state index contributed by atoms with van der Waals surface area (Å²) in [5.41, 5.74) is 3.27. The topological polar surface area (TPSA) is 59.0 Å². The molecule has 122 valence electrons. The van der Waals surface area contributed by atoms with E-state index < -0.39 is 0 Å². The van der Waals surface area contributed by atoms with Crippen molar-refractivity contribution in [2.24, 2.45) is 0 Å². The number of rotatable bonds is 3. The van der Waals surface area contributed by atoms with E-state index in [0.29, 0.717) is 10.8 Å². The Bertz CT molecular complexity index is 875. The zero-order chi connectivity index (χ0) is 17.1. The van der Waals surface area contributed by atoms with Crippen LogP contribution in [-0.4, -0.2) is 15.6 Å². The molecule has 0 aliphatic heterocycles. The number of aryl methyl sites for hydroxylation is 1. The third-order valence-electron chi connectivity index (χ3n) is 3.35. The molecule has 0 bridgehead atoms. The summed E-state index contributed by atoms with van der Waals surface area (Å²) < 4.78 is 1.65. The van der Waals surface area contributed by atoms with Gasteiger partial charge in [-0.15, -0.1) is 0 Å². The van der Waals surface area contributed by atoms with Crippen LogP contribution in [0.5, 0.6) is 0 Å². The second-order valence-corrected chi connectivity index (χ2v) is 5.91. The van der Waals surface area contributed by atoms with Crippen molar-refractivity contribution in [1.29, 1.82) is 0 Å². The van der Waals surface area contributed by atoms with Crippen LogP contribution in [0.15, 0.2) is 54.9 Å². The smallest absolute Gasteiger partial charge is 0.308 e. The van der Waals surface area contributed by atoms with Crippen LogP contribution < -0.4 is 10.6 Å². The van der Waals surface area contributed by atoms with Crippen molar-refractivity contribution in [3.63, 3.8) is 0 Å². The van der Waals surface area contributed by atoms with E-state index in [-0.39, 0.29) is 11.2 Å². The van der Waals surface area contributed by atoms with Crippen LogP contribution in [0, 0.1) is 6.92 Å². The fraction of sp³-hybridized carbons (Fsp3) is 0.0588. The summed E-state index contributed by atoms with van der Waals surface area (Å²) in [6.45, 7) is 1.97. The normalized spacial score (nSPS) is 10.5. The maximum atomic E-state index is 12.0. The van der Waals surface area contributed by atoms with Gasteiger partial charge in [0.15, 0.2) is 10.3 Å². The fourth-order valence-electron chi connectivity index (χ4n) is 2.21. The zero-order valence-electron chi connectivity index (χ0n) is 12.8. The number of carbonyl (C=O) groups excluding carboxylic acids is 1. The molecule has 24 heavy (non-hydrogen) atoms. The molecule has 1 heterocycles. The number of nitrogens with one attached hydrogen (secondary N) is 2. The van der Waals surface area contributed by atoms with Gasteiger partial charge in [-0.2, -0.15) is 0 Å². The van der Waals surface area contributed by atoms with Gasteiger partial charge < -0.3 is 10.6 Å². The molecule has 0 fully saturated rings. The molecule has 2 N–H and O–H groups in total. The molecule has 5 nitrogen and oxygen atoms in total. The van der Waals surface area contributed by atoms with Crippen LogP contribution in [0.4, 0.5) is 16.2 Å². The lowest BCUT2D eigenvalue weighted by Crippen LogP contribution is -2.19. The highest BCUT2D eigenvalue weighted by molar-refractivity contribution is 6.40. The van der Waals surface area contributed by atoms with Crippen molar-refractivity contribution in [2.45, 2.75) is 6.92 Å². The predicted molar refractivity (Wildman–Crippen MR) is 97.4 cm³/mol. The SMILES string of the molecule is Cc1cccc(NC(=O)Nc2ccc(-n3cnc(Cl)c3Cl)cc2)c1. The lowest BCUT2D eigenvalue weighted by atomic mass is 10.2. The monoisotopic (exact) mass is 360 g/mol. The summed E-state index contributed by atoms with van der Waals surface area (Å²) >= 11 is 11.9. The number of amides is 2. The molecule has 3 aromatic rings. The number of carbonyl (C=O) groups is 1. The predicted octanol–water partition coefficient (Wildman–Crippen LogP) is 5.13. The van der Waals surface area contributed by atoms with Gasteiger partial charge in [0.1, 0.15) is 6.33 Å². The van der Waals surface area contributed by atoms with E-state index >= 15 is 0 Å². The van der Waals surface area contributed by atoms with E-state index in [2.05, 4.69) is 15.6 Å². The van der Waals surface area contributed by atoms with Crippen molar-refractivity contribution >= 4 is 40.6 Å². The van der Waals surface area contributed by atoms with E-state index in [0.717, 1.165) is 16.9 Å². The summed E-state index contributed by atoms with van der Waals surface area (Å²) in [5, 5.41) is 6.15. The summed E-state index contributed by atoms with van der Waals surface area (Å²) in [6.07, 6.45) is 1.54. The molecule has 2 aromatic carbocycles. The van der Waals surface area contributed by atoms with Gasteiger partial charge in [-0.25, -0.2) is 9.78 Å². The molecule has 0 aliphatic carbocycles. The number of aromatic nitrogens is 2. The molecule has 0 saturated heterocycles. The van der Waals surface area contributed by atoms with Crippen LogP contribution in [-0.2, 0) is 0 Å². The Hall–Kier alpha value is -2.50. The van der Waals surface area contributed by atoms with Crippen LogP contribution in [0.25, 0.3) is 5.69 Å². The number of benzene rings is 2. The first-order chi connectivity index (χ1) is 11.5. The zero-order valence-corrected chi connectivity index (χ0v) is 14.3. The van der Waals surface area contributed by atoms with Crippen LogP contribution in [0.3, 0.4) is 0 Å². The number of urea groups is 1. The minimum Gasteiger partial charge on any atom is -0.308 e. The van der Waals surface area contributed by atoms with E-state index in [1.807, 2.05) is 43.3 Å². The van der Waals surface area contributed by atoms with Gasteiger partial charge in [-0.1, -0.05) is 35.3 Å². The lowest BCUT2D eigenvalue weighted by Gasteiger charge is -2.09. The minimum atomic E-state index is -0.308. The van der Waals surface area contributed by atoms with Crippen LogP contribution in [0.1, 0.15) is 5.56 Å². The number of anilines is 2. The number of halogens is 2. The van der Waals surface area contributed by atoms with Gasteiger partial charge in [0.2, 0.25) is 0 Å². The number of imidazole rings is 1. The van der Waals surface area contributed by atoms with Gasteiger partial charge in [-0.05, 0) is 48.9 Å². The Morgan fingerprint density at radius 3 is 2.38 bits per heavy atom. The maximum Gasteiger partial charge on any atom is 0.323 e. The Balaban J connectivity index is 1.68. The molecule has 0 radical (unpaired) electrons. The quantitative estimate of drug-likeness (QED) is 0.679. The molecule has 3 rings (SSSR count). The van der Waals surface area contributed by atoms with Crippen LogP contribution >= 0.6 is 23.2 Å². The minimum absolute atomic E-state index is 0.247. The maximum absolute atomic E-state index is 12.0. The molecule has 0 unspecified atom stereocenters. The summed E-state index contributed by atoms with van der Waals surface area (Å²) in [4.78, 5) is 16.0. The van der Waals surface area contributed by atoms with E-state index in [9.17, 15) is 4.79 Å². The Morgan fingerprint density at radius 1 is 1.04 bits per heavy atom.